The second kappa shape index (κ2) is 5.55. The maximum atomic E-state index is 12.5. The van der Waals surface area contributed by atoms with Gasteiger partial charge in [0, 0.05) is 13.0 Å². The highest BCUT2D eigenvalue weighted by Crippen LogP contribution is 2.39. The van der Waals surface area contributed by atoms with Crippen LogP contribution in [-0.2, 0) is 16.0 Å². The summed E-state index contributed by atoms with van der Waals surface area (Å²) in [4.78, 5) is 25.8. The molecule has 0 radical (unpaired) electrons. The average Bonchev–Trinajstić information content (AvgIpc) is 2.45. The highest BCUT2D eigenvalue weighted by molar-refractivity contribution is 5.93. The van der Waals surface area contributed by atoms with Crippen molar-refractivity contribution in [2.24, 2.45) is 0 Å². The summed E-state index contributed by atoms with van der Waals surface area (Å²) >= 11 is 0. The third-order valence-electron chi connectivity index (χ3n) is 4.33. The van der Waals surface area contributed by atoms with Gasteiger partial charge >= 0.3 is 6.09 Å². The average molecular weight is 317 g/mol. The van der Waals surface area contributed by atoms with Crippen molar-refractivity contribution < 1.29 is 19.1 Å². The molecule has 23 heavy (non-hydrogen) atoms. The van der Waals surface area contributed by atoms with Crippen LogP contribution in [0.3, 0.4) is 0 Å². The minimum atomic E-state index is -0.604. The minimum absolute atomic E-state index is 0.218. The number of aryl methyl sites for hydroxylation is 1. The monoisotopic (exact) mass is 317 g/mol. The quantitative estimate of drug-likeness (QED) is 0.736. The van der Waals surface area contributed by atoms with E-state index in [1.165, 1.54) is 10.5 Å². The molecule has 1 fully saturated rings. The van der Waals surface area contributed by atoms with Gasteiger partial charge in [0.15, 0.2) is 0 Å². The number of hydrogen-bond donors (Lipinski definition) is 0. The zero-order valence-corrected chi connectivity index (χ0v) is 13.9. The van der Waals surface area contributed by atoms with E-state index in [-0.39, 0.29) is 12.3 Å². The fourth-order valence-electron chi connectivity index (χ4n) is 3.17. The number of benzene rings is 1. The zero-order valence-electron chi connectivity index (χ0n) is 13.9. The van der Waals surface area contributed by atoms with E-state index in [1.807, 2.05) is 18.2 Å². The molecule has 5 heteroatoms. The first kappa shape index (κ1) is 15.8. The van der Waals surface area contributed by atoms with Crippen LogP contribution in [0.4, 0.5) is 4.79 Å². The second-order valence-electron chi connectivity index (χ2n) is 7.35. The zero-order chi connectivity index (χ0) is 16.7. The number of nitrogens with zero attached hydrogens (tertiary/aromatic N) is 1. The van der Waals surface area contributed by atoms with Gasteiger partial charge in [-0.15, -0.1) is 0 Å². The van der Waals surface area contributed by atoms with Gasteiger partial charge in [-0.25, -0.2) is 9.69 Å². The van der Waals surface area contributed by atoms with Gasteiger partial charge in [-0.1, -0.05) is 18.2 Å². The maximum Gasteiger partial charge on any atom is 0.417 e. The van der Waals surface area contributed by atoms with Gasteiger partial charge in [0.2, 0.25) is 5.91 Å². The van der Waals surface area contributed by atoms with Crippen LogP contribution in [0.15, 0.2) is 24.3 Å². The molecule has 0 N–H and O–H groups in total. The van der Waals surface area contributed by atoms with Crippen molar-refractivity contribution in [1.82, 2.24) is 4.90 Å². The molecule has 0 aromatic heterocycles. The predicted molar refractivity (Wildman–Crippen MR) is 85.3 cm³/mol. The fraction of sp³-hybridized carbons (Fsp3) is 0.556. The van der Waals surface area contributed by atoms with Crippen molar-refractivity contribution in [3.05, 3.63) is 29.8 Å². The van der Waals surface area contributed by atoms with Gasteiger partial charge in [-0.05, 0) is 45.2 Å². The number of piperidine rings is 1. The predicted octanol–water partition coefficient (Wildman–Crippen LogP) is 3.31. The Morgan fingerprint density at radius 2 is 2.00 bits per heavy atom. The van der Waals surface area contributed by atoms with Gasteiger partial charge in [0.05, 0.1) is 6.42 Å². The van der Waals surface area contributed by atoms with Gasteiger partial charge in [-0.2, -0.15) is 0 Å². The van der Waals surface area contributed by atoms with Crippen LogP contribution in [0.1, 0.15) is 45.6 Å². The Bertz CT molecular complexity index is 634. The molecule has 124 valence electrons. The molecule has 2 aliphatic heterocycles. The van der Waals surface area contributed by atoms with E-state index in [4.69, 9.17) is 9.47 Å². The largest absolute Gasteiger partial charge is 0.486 e. The van der Waals surface area contributed by atoms with Crippen molar-refractivity contribution in [2.75, 3.05) is 6.54 Å². The lowest BCUT2D eigenvalue weighted by atomic mass is 9.83. The van der Waals surface area contributed by atoms with Crippen molar-refractivity contribution in [3.8, 4) is 5.75 Å². The normalized spacial score (nSPS) is 24.1. The molecule has 1 unspecified atom stereocenters. The van der Waals surface area contributed by atoms with Gasteiger partial charge < -0.3 is 9.47 Å². The van der Waals surface area contributed by atoms with Gasteiger partial charge in [0.25, 0.3) is 0 Å². The Kier molecular flexibility index (Phi) is 3.82. The molecule has 0 bridgehead atoms. The molecular weight excluding hydrogens is 294 g/mol. The van der Waals surface area contributed by atoms with Crippen LogP contribution in [0.25, 0.3) is 0 Å². The Morgan fingerprint density at radius 3 is 2.70 bits per heavy atom. The Balaban J connectivity index is 1.70. The smallest absolute Gasteiger partial charge is 0.417 e. The third-order valence-corrected chi connectivity index (χ3v) is 4.33. The number of para-hydroxylation sites is 1. The van der Waals surface area contributed by atoms with E-state index in [9.17, 15) is 9.59 Å². The molecule has 0 saturated carbocycles. The fourth-order valence-corrected chi connectivity index (χ4v) is 3.17. The number of fused-ring (bicyclic) bond motifs is 1. The van der Waals surface area contributed by atoms with Crippen LogP contribution >= 0.6 is 0 Å². The molecule has 2 amide bonds. The lowest BCUT2D eigenvalue weighted by molar-refractivity contribution is -0.141. The lowest BCUT2D eigenvalue weighted by Gasteiger charge is -2.43. The molecule has 1 spiro atoms. The van der Waals surface area contributed by atoms with Gasteiger partial charge in [0.1, 0.15) is 17.0 Å². The summed E-state index contributed by atoms with van der Waals surface area (Å²) in [6.45, 7) is 5.72. The Labute approximate surface area is 136 Å². The summed E-state index contributed by atoms with van der Waals surface area (Å²) in [5.41, 5.74) is 0.0941. The van der Waals surface area contributed by atoms with E-state index in [1.54, 1.807) is 20.8 Å². The molecule has 3 rings (SSSR count). The molecule has 5 nitrogen and oxygen atoms in total. The summed E-state index contributed by atoms with van der Waals surface area (Å²) in [6, 6.07) is 7.94. The van der Waals surface area contributed by atoms with E-state index in [2.05, 4.69) is 6.07 Å². The number of carbonyl (C=O) groups excluding carboxylic acids is 2. The lowest BCUT2D eigenvalue weighted by Crippen LogP contribution is -2.54. The van der Waals surface area contributed by atoms with E-state index in [0.29, 0.717) is 13.0 Å². The number of rotatable bonds is 0. The first-order valence-electron chi connectivity index (χ1n) is 8.08. The topological polar surface area (TPSA) is 55.8 Å². The van der Waals surface area contributed by atoms with Crippen LogP contribution in [0.5, 0.6) is 5.75 Å². The molecule has 0 aliphatic carbocycles. The van der Waals surface area contributed by atoms with E-state index in [0.717, 1.165) is 18.6 Å². The SMILES string of the molecule is CC(C)(C)OC(=O)N1CCC2(CCc3ccccc3O2)CC1=O. The van der Waals surface area contributed by atoms with Crippen molar-refractivity contribution in [1.29, 1.82) is 0 Å². The van der Waals surface area contributed by atoms with E-state index < -0.39 is 17.3 Å². The molecule has 1 saturated heterocycles. The summed E-state index contributed by atoms with van der Waals surface area (Å²) in [5, 5.41) is 0. The number of ether oxygens (including phenoxy) is 2. The Morgan fingerprint density at radius 1 is 1.26 bits per heavy atom. The third kappa shape index (κ3) is 3.33. The van der Waals surface area contributed by atoms with Crippen molar-refractivity contribution in [3.63, 3.8) is 0 Å². The molecule has 2 heterocycles. The minimum Gasteiger partial charge on any atom is -0.486 e. The highest BCUT2D eigenvalue weighted by atomic mass is 16.6. The van der Waals surface area contributed by atoms with E-state index >= 15 is 0 Å². The number of hydrogen-bond acceptors (Lipinski definition) is 4. The van der Waals surface area contributed by atoms with Gasteiger partial charge in [-0.3, -0.25) is 4.79 Å². The molecule has 2 aliphatic rings. The number of amides is 2. The number of imide groups is 1. The van der Waals surface area contributed by atoms with Crippen LogP contribution < -0.4 is 4.74 Å². The summed E-state index contributed by atoms with van der Waals surface area (Å²) in [7, 11) is 0. The van der Waals surface area contributed by atoms with Crippen molar-refractivity contribution >= 4 is 12.0 Å². The molecule has 1 aromatic rings. The maximum absolute atomic E-state index is 12.5. The summed E-state index contributed by atoms with van der Waals surface area (Å²) < 4.78 is 11.5. The standard InChI is InChI=1S/C18H23NO4/c1-17(2,3)23-16(21)19-11-10-18(12-15(19)20)9-8-13-6-4-5-7-14(13)22-18/h4-7H,8-12H2,1-3H3. The summed E-state index contributed by atoms with van der Waals surface area (Å²) in [6.07, 6.45) is 2.01. The molecular formula is C18H23NO4. The molecule has 1 aromatic carbocycles. The first-order chi connectivity index (χ1) is 10.8. The summed E-state index contributed by atoms with van der Waals surface area (Å²) in [5.74, 6) is 0.641. The van der Waals surface area contributed by atoms with Crippen molar-refractivity contribution in [2.45, 2.75) is 57.7 Å². The molecule has 1 atom stereocenters. The second-order valence-corrected chi connectivity index (χ2v) is 7.35. The number of carbonyl (C=O) groups is 2. The van der Waals surface area contributed by atoms with Crippen LogP contribution in [0, 0.1) is 0 Å². The van der Waals surface area contributed by atoms with Crippen LogP contribution in [0.2, 0.25) is 0 Å². The Hall–Kier alpha value is -2.04. The van der Waals surface area contributed by atoms with Crippen LogP contribution in [-0.4, -0.2) is 34.6 Å². The number of likely N-dealkylation sites (tertiary alicyclic amines) is 1. The highest BCUT2D eigenvalue weighted by Gasteiger charge is 2.45. The first-order valence-corrected chi connectivity index (χ1v) is 8.08.